The average molecular weight is 1150 g/mol. The van der Waals surface area contributed by atoms with Gasteiger partial charge in [0.1, 0.15) is 13.2 Å². The minimum atomic E-state index is -0.795. The number of esters is 3. The van der Waals surface area contributed by atoms with Crippen LogP contribution in [-0.4, -0.2) is 37.2 Å². The second-order valence-corrected chi connectivity index (χ2v) is 22.7. The second kappa shape index (κ2) is 70.0. The first-order valence-electron chi connectivity index (χ1n) is 34.7. The van der Waals surface area contributed by atoms with Crippen LogP contribution in [0.5, 0.6) is 0 Å². The van der Waals surface area contributed by atoms with Gasteiger partial charge >= 0.3 is 17.9 Å². The van der Waals surface area contributed by atoms with Crippen LogP contribution < -0.4 is 0 Å². The van der Waals surface area contributed by atoms with E-state index in [4.69, 9.17) is 14.2 Å². The molecule has 0 N–H and O–H groups in total. The Morgan fingerprint density at radius 3 is 0.735 bits per heavy atom. The van der Waals surface area contributed by atoms with Gasteiger partial charge in [0, 0.05) is 19.3 Å². The van der Waals surface area contributed by atoms with Crippen molar-refractivity contribution in [2.45, 2.75) is 322 Å². The summed E-state index contributed by atoms with van der Waals surface area (Å²) in [4.78, 5) is 38.4. The van der Waals surface area contributed by atoms with Crippen LogP contribution in [0.1, 0.15) is 316 Å². The summed E-state index contributed by atoms with van der Waals surface area (Å²) in [5.74, 6) is -0.904. The third-order valence-corrected chi connectivity index (χ3v) is 14.6. The van der Waals surface area contributed by atoms with E-state index in [1.807, 2.05) is 0 Å². The van der Waals surface area contributed by atoms with Crippen LogP contribution in [0.4, 0.5) is 0 Å². The first-order valence-corrected chi connectivity index (χ1v) is 34.7. The topological polar surface area (TPSA) is 78.9 Å². The van der Waals surface area contributed by atoms with E-state index in [-0.39, 0.29) is 31.1 Å². The highest BCUT2D eigenvalue weighted by Crippen LogP contribution is 2.16. The van der Waals surface area contributed by atoms with Gasteiger partial charge in [-0.2, -0.15) is 0 Å². The Morgan fingerprint density at radius 2 is 0.470 bits per heavy atom. The Bertz CT molecular complexity index is 1750. The van der Waals surface area contributed by atoms with Gasteiger partial charge in [0.2, 0.25) is 0 Å². The summed E-state index contributed by atoms with van der Waals surface area (Å²) in [6.45, 7) is 6.39. The molecule has 83 heavy (non-hydrogen) atoms. The molecule has 6 nitrogen and oxygen atoms in total. The van der Waals surface area contributed by atoms with Crippen LogP contribution in [0.2, 0.25) is 0 Å². The average Bonchev–Trinajstić information content (AvgIpc) is 3.49. The second-order valence-electron chi connectivity index (χ2n) is 22.7. The van der Waals surface area contributed by atoms with Gasteiger partial charge in [-0.05, 0) is 135 Å². The molecule has 0 aliphatic rings. The molecular weight excluding hydrogens is 1020 g/mol. The predicted molar refractivity (Wildman–Crippen MR) is 362 cm³/mol. The van der Waals surface area contributed by atoms with E-state index in [1.165, 1.54) is 128 Å². The van der Waals surface area contributed by atoms with Crippen LogP contribution in [0.25, 0.3) is 0 Å². The maximum Gasteiger partial charge on any atom is 0.306 e. The van der Waals surface area contributed by atoms with Gasteiger partial charge in [-0.15, -0.1) is 0 Å². The van der Waals surface area contributed by atoms with Crippen molar-refractivity contribution in [3.63, 3.8) is 0 Å². The molecule has 0 saturated carbocycles. The molecule has 0 rings (SSSR count). The van der Waals surface area contributed by atoms with E-state index in [0.29, 0.717) is 19.3 Å². The first-order chi connectivity index (χ1) is 41.0. The minimum absolute atomic E-state index is 0.0884. The molecule has 0 fully saturated rings. The van der Waals surface area contributed by atoms with Crippen molar-refractivity contribution in [2.75, 3.05) is 13.2 Å². The highest BCUT2D eigenvalue weighted by molar-refractivity contribution is 5.71. The molecule has 472 valence electrons. The van der Waals surface area contributed by atoms with Crippen LogP contribution in [0, 0.1) is 0 Å². The fourth-order valence-electron chi connectivity index (χ4n) is 9.49. The lowest BCUT2D eigenvalue weighted by Crippen LogP contribution is -2.30. The lowest BCUT2D eigenvalue weighted by Gasteiger charge is -2.18. The Morgan fingerprint density at radius 1 is 0.253 bits per heavy atom. The third kappa shape index (κ3) is 68.2. The quantitative estimate of drug-likeness (QED) is 0.0261. The fraction of sp³-hybridized carbons (Fsp3) is 0.675. The van der Waals surface area contributed by atoms with Crippen molar-refractivity contribution in [1.29, 1.82) is 0 Å². The Balaban J connectivity index is 4.34. The smallest absolute Gasteiger partial charge is 0.306 e. The highest BCUT2D eigenvalue weighted by Gasteiger charge is 2.19. The lowest BCUT2D eigenvalue weighted by molar-refractivity contribution is -0.167. The van der Waals surface area contributed by atoms with Crippen LogP contribution in [-0.2, 0) is 28.6 Å². The maximum atomic E-state index is 13.0. The van der Waals surface area contributed by atoms with Crippen molar-refractivity contribution in [3.8, 4) is 0 Å². The van der Waals surface area contributed by atoms with Gasteiger partial charge in [0.05, 0.1) is 0 Å². The molecule has 0 aromatic rings. The molecule has 0 spiro atoms. The standard InChI is InChI=1S/C77H128O6/c1-4-7-10-13-16-19-22-25-28-30-32-34-35-36-37-38-39-40-41-43-44-46-49-52-55-58-61-64-67-70-76(79)82-73-74(72-81-75(78)69-66-63-60-57-54-51-48-27-24-21-18-15-12-9-6-3)83-77(80)71-68-65-62-59-56-53-50-47-45-42-33-31-29-26-23-20-17-14-11-8-5-2/h7-8,10-11,16-21,25-29,32-34,36-37,42,48,74H,4-6,9,12-15,22-24,30-31,35,38-41,43-47,49-73H2,1-3H3/b10-7-,11-8-,19-16-,20-17-,21-18-,28-25-,29-26-,34-32-,37-36-,42-33-,48-27-. The SMILES string of the molecule is CC/C=C\C/C=C\C/C=C\C/C=C\C/C=C\CCCCCCCCCCCCCCCC(=O)OCC(COC(=O)CCCCCCC/C=C\C/C=C\CCCCC)OC(=O)CCCCCCCCCC/C=C\C/C=C\C/C=C\C/C=C\CC. The van der Waals surface area contributed by atoms with Gasteiger partial charge in [-0.25, -0.2) is 0 Å². The Labute approximate surface area is 513 Å². The van der Waals surface area contributed by atoms with E-state index in [0.717, 1.165) is 148 Å². The van der Waals surface area contributed by atoms with Gasteiger partial charge in [-0.3, -0.25) is 14.4 Å². The molecule has 0 aliphatic heterocycles. The first kappa shape index (κ1) is 78.5. The minimum Gasteiger partial charge on any atom is -0.462 e. The molecule has 0 saturated heterocycles. The van der Waals surface area contributed by atoms with Crippen molar-refractivity contribution in [2.24, 2.45) is 0 Å². The molecule has 0 aromatic heterocycles. The van der Waals surface area contributed by atoms with E-state index >= 15 is 0 Å². The number of carbonyl (C=O) groups is 3. The summed E-state index contributed by atoms with van der Waals surface area (Å²) < 4.78 is 17.0. The maximum absolute atomic E-state index is 13.0. The van der Waals surface area contributed by atoms with Gasteiger partial charge in [0.15, 0.2) is 6.10 Å². The highest BCUT2D eigenvalue weighted by atomic mass is 16.6. The number of ether oxygens (including phenoxy) is 3. The summed E-state index contributed by atoms with van der Waals surface area (Å²) in [7, 11) is 0. The molecule has 0 aromatic carbocycles. The van der Waals surface area contributed by atoms with Crippen LogP contribution >= 0.6 is 0 Å². The normalized spacial score (nSPS) is 13.0. The van der Waals surface area contributed by atoms with Crippen LogP contribution in [0.3, 0.4) is 0 Å². The van der Waals surface area contributed by atoms with Crippen LogP contribution in [0.15, 0.2) is 134 Å². The Kier molecular flexibility index (Phi) is 66.3. The molecule has 0 amide bonds. The molecule has 0 radical (unpaired) electrons. The van der Waals surface area contributed by atoms with Gasteiger partial charge in [-0.1, -0.05) is 296 Å². The zero-order valence-corrected chi connectivity index (χ0v) is 54.2. The fourth-order valence-corrected chi connectivity index (χ4v) is 9.49. The van der Waals surface area contributed by atoms with E-state index in [1.54, 1.807) is 0 Å². The monoisotopic (exact) mass is 1150 g/mol. The zero-order chi connectivity index (χ0) is 59.9. The molecule has 6 heteroatoms. The zero-order valence-electron chi connectivity index (χ0n) is 54.2. The predicted octanol–water partition coefficient (Wildman–Crippen LogP) is 24.1. The van der Waals surface area contributed by atoms with Crippen molar-refractivity contribution in [1.82, 2.24) is 0 Å². The molecule has 0 aliphatic carbocycles. The van der Waals surface area contributed by atoms with Gasteiger partial charge in [0.25, 0.3) is 0 Å². The lowest BCUT2D eigenvalue weighted by atomic mass is 10.0. The Hall–Kier alpha value is -4.45. The van der Waals surface area contributed by atoms with Crippen molar-refractivity contribution < 1.29 is 28.6 Å². The molecule has 1 atom stereocenters. The molecule has 1 unspecified atom stereocenters. The number of unbranched alkanes of at least 4 members (excludes halogenated alkanes) is 29. The summed E-state index contributed by atoms with van der Waals surface area (Å²) >= 11 is 0. The van der Waals surface area contributed by atoms with E-state index in [2.05, 4.69) is 154 Å². The summed E-state index contributed by atoms with van der Waals surface area (Å²) in [6.07, 6.45) is 98.9. The van der Waals surface area contributed by atoms with Crippen molar-refractivity contribution in [3.05, 3.63) is 134 Å². The molecular formula is C77H128O6. The summed E-state index contributed by atoms with van der Waals surface area (Å²) in [6, 6.07) is 0. The third-order valence-electron chi connectivity index (χ3n) is 14.6. The number of rotatable bonds is 62. The molecule has 0 bridgehead atoms. The summed E-state index contributed by atoms with van der Waals surface area (Å²) in [5.41, 5.74) is 0. The number of carbonyl (C=O) groups excluding carboxylic acids is 3. The van der Waals surface area contributed by atoms with E-state index < -0.39 is 6.10 Å². The number of hydrogen-bond acceptors (Lipinski definition) is 6. The molecule has 0 heterocycles. The number of allylic oxidation sites excluding steroid dienone is 22. The largest absolute Gasteiger partial charge is 0.462 e. The van der Waals surface area contributed by atoms with Crippen molar-refractivity contribution >= 4 is 17.9 Å². The van der Waals surface area contributed by atoms with E-state index in [9.17, 15) is 14.4 Å². The number of hydrogen-bond donors (Lipinski definition) is 0. The van der Waals surface area contributed by atoms with Gasteiger partial charge < -0.3 is 14.2 Å². The summed E-state index contributed by atoms with van der Waals surface area (Å²) in [5, 5.41) is 0.